The number of hydroxylamine groups is 1. The first-order valence-electron chi connectivity index (χ1n) is 11.7. The number of nitrogens with one attached hydrogen (secondary N) is 3. The molecule has 0 radical (unpaired) electrons. The van der Waals surface area contributed by atoms with E-state index in [-0.39, 0.29) is 17.3 Å². The monoisotopic (exact) mass is 544 g/mol. The minimum atomic E-state index is -3.43. The second-order valence-electron chi connectivity index (χ2n) is 8.95. The summed E-state index contributed by atoms with van der Waals surface area (Å²) in [6.07, 6.45) is 4.16. The molecule has 1 unspecified atom stereocenters. The summed E-state index contributed by atoms with van der Waals surface area (Å²) >= 11 is 0. The first-order valence-corrected chi connectivity index (χ1v) is 13.6. The van der Waals surface area contributed by atoms with E-state index >= 15 is 0 Å². The Balaban J connectivity index is 1.44. The van der Waals surface area contributed by atoms with E-state index < -0.39 is 21.3 Å². The molecule has 0 fully saturated rings. The summed E-state index contributed by atoms with van der Waals surface area (Å²) in [5, 5.41) is 21.7. The predicted octanol–water partition coefficient (Wildman–Crippen LogP) is 1.98. The number of sulfone groups is 1. The maximum absolute atomic E-state index is 13.6. The molecule has 2 heterocycles. The quantitative estimate of drug-likeness (QED) is 0.191. The van der Waals surface area contributed by atoms with E-state index in [0.717, 1.165) is 6.26 Å². The molecule has 1 aliphatic rings. The summed E-state index contributed by atoms with van der Waals surface area (Å²) in [6.45, 7) is -0.0332. The van der Waals surface area contributed by atoms with Crippen LogP contribution in [-0.2, 0) is 26.0 Å². The van der Waals surface area contributed by atoms with Crippen molar-refractivity contribution in [1.29, 1.82) is 5.41 Å². The van der Waals surface area contributed by atoms with Crippen LogP contribution in [0.15, 0.2) is 90.1 Å². The molecule has 4 aromatic rings. The molecular weight excluding hydrogens is 520 g/mol. The van der Waals surface area contributed by atoms with Crippen molar-refractivity contribution in [1.82, 2.24) is 25.7 Å². The number of rotatable bonds is 8. The van der Waals surface area contributed by atoms with E-state index in [2.05, 4.69) is 26.3 Å². The van der Waals surface area contributed by atoms with E-state index in [0.29, 0.717) is 33.6 Å². The van der Waals surface area contributed by atoms with E-state index in [4.69, 9.17) is 16.0 Å². The number of benzene rings is 3. The molecule has 1 aliphatic heterocycles. The normalized spacial score (nSPS) is 16.8. The summed E-state index contributed by atoms with van der Waals surface area (Å²) in [4.78, 5) is 19.7. The zero-order valence-electron chi connectivity index (χ0n) is 20.7. The average molecular weight is 545 g/mol. The number of carbonyl (C=O) groups excluding carboxylic acids is 1. The van der Waals surface area contributed by atoms with Crippen LogP contribution in [0.5, 0.6) is 0 Å². The fraction of sp³-hybridized carbons (Fsp3) is 0.115. The van der Waals surface area contributed by atoms with Crippen LogP contribution >= 0.6 is 0 Å². The van der Waals surface area contributed by atoms with Crippen molar-refractivity contribution >= 4 is 33.0 Å². The standard InChI is InChI=1S/C26H24N8O4S/c1-39(36,37)23-8-3-2-7-21(23)17-9-11-20(12-10-17)30-25(35)26(15-34-16-29-32-33-34)14-22(31-38-26)18-5-4-6-19(13-18)24(27)28/h2-14,16,31H,15H2,1H3,(H3,27,28)(H,30,35). The van der Waals surface area contributed by atoms with Gasteiger partial charge in [-0.05, 0) is 46.3 Å². The van der Waals surface area contributed by atoms with Crippen LogP contribution in [-0.4, -0.2) is 52.2 Å². The van der Waals surface area contributed by atoms with Crippen LogP contribution in [0.25, 0.3) is 16.8 Å². The topological polar surface area (TPSA) is 178 Å². The molecule has 3 aromatic carbocycles. The van der Waals surface area contributed by atoms with E-state index in [1.165, 1.54) is 11.0 Å². The third-order valence-electron chi connectivity index (χ3n) is 6.12. The van der Waals surface area contributed by atoms with Crippen molar-refractivity contribution in [3.8, 4) is 11.1 Å². The Morgan fingerprint density at radius 3 is 2.56 bits per heavy atom. The maximum Gasteiger partial charge on any atom is 0.265 e. The van der Waals surface area contributed by atoms with E-state index in [1.807, 2.05) is 0 Å². The van der Waals surface area contributed by atoms with Gasteiger partial charge < -0.3 is 11.1 Å². The predicted molar refractivity (Wildman–Crippen MR) is 144 cm³/mol. The van der Waals surface area contributed by atoms with Gasteiger partial charge in [0.1, 0.15) is 12.2 Å². The van der Waals surface area contributed by atoms with Crippen LogP contribution in [0.3, 0.4) is 0 Å². The van der Waals surface area contributed by atoms with E-state index in [1.54, 1.807) is 78.9 Å². The Kier molecular flexibility index (Phi) is 6.68. The van der Waals surface area contributed by atoms with Gasteiger partial charge >= 0.3 is 0 Å². The van der Waals surface area contributed by atoms with Gasteiger partial charge in [-0.2, -0.15) is 0 Å². The molecule has 0 aliphatic carbocycles. The highest BCUT2D eigenvalue weighted by Crippen LogP contribution is 2.31. The molecule has 39 heavy (non-hydrogen) atoms. The molecule has 1 atom stereocenters. The molecule has 1 aromatic heterocycles. The number of anilines is 1. The summed E-state index contributed by atoms with van der Waals surface area (Å²) in [6, 6.07) is 20.5. The lowest BCUT2D eigenvalue weighted by Crippen LogP contribution is -2.46. The number of amides is 1. The summed E-state index contributed by atoms with van der Waals surface area (Å²) < 4.78 is 25.8. The Labute approximate surface area is 223 Å². The van der Waals surface area contributed by atoms with Crippen molar-refractivity contribution in [2.75, 3.05) is 11.6 Å². The molecule has 0 saturated heterocycles. The van der Waals surface area contributed by atoms with Gasteiger partial charge in [0.15, 0.2) is 9.84 Å². The number of nitrogens with zero attached hydrogens (tertiary/aromatic N) is 4. The number of aromatic nitrogens is 4. The van der Waals surface area contributed by atoms with Crippen molar-refractivity contribution in [3.63, 3.8) is 0 Å². The molecule has 5 rings (SSSR count). The number of hydrogen-bond donors (Lipinski definition) is 4. The van der Waals surface area contributed by atoms with Gasteiger partial charge in [0.05, 0.1) is 17.1 Å². The van der Waals surface area contributed by atoms with Gasteiger partial charge in [0.2, 0.25) is 5.60 Å². The molecule has 13 heteroatoms. The van der Waals surface area contributed by atoms with Crippen LogP contribution < -0.4 is 16.5 Å². The molecule has 12 nitrogen and oxygen atoms in total. The molecule has 5 N–H and O–H groups in total. The number of amidine groups is 1. The zero-order valence-corrected chi connectivity index (χ0v) is 21.5. The number of tetrazole rings is 1. The fourth-order valence-electron chi connectivity index (χ4n) is 4.19. The van der Waals surface area contributed by atoms with Gasteiger partial charge in [0, 0.05) is 28.6 Å². The average Bonchev–Trinajstić information content (AvgIpc) is 3.60. The largest absolute Gasteiger partial charge is 0.384 e. The van der Waals surface area contributed by atoms with Gasteiger partial charge in [0.25, 0.3) is 5.91 Å². The fourth-order valence-corrected chi connectivity index (χ4v) is 5.10. The molecular formula is C26H24N8O4S. The number of carbonyl (C=O) groups is 1. The lowest BCUT2D eigenvalue weighted by atomic mass is 9.99. The molecule has 0 saturated carbocycles. The van der Waals surface area contributed by atoms with Gasteiger partial charge in [-0.1, -0.05) is 48.5 Å². The summed E-state index contributed by atoms with van der Waals surface area (Å²) in [5.74, 6) is -0.579. The Morgan fingerprint density at radius 2 is 1.87 bits per heavy atom. The highest BCUT2D eigenvalue weighted by molar-refractivity contribution is 7.90. The Bertz CT molecular complexity index is 1690. The highest BCUT2D eigenvalue weighted by atomic mass is 32.2. The van der Waals surface area contributed by atoms with Crippen LogP contribution in [0, 0.1) is 5.41 Å². The maximum atomic E-state index is 13.6. The summed E-state index contributed by atoms with van der Waals surface area (Å²) in [7, 11) is -3.43. The smallest absolute Gasteiger partial charge is 0.265 e. The van der Waals surface area contributed by atoms with Crippen LogP contribution in [0.1, 0.15) is 11.1 Å². The van der Waals surface area contributed by atoms with Gasteiger partial charge in [-0.3, -0.25) is 20.5 Å². The second kappa shape index (κ2) is 10.1. The molecule has 198 valence electrons. The first kappa shape index (κ1) is 25.8. The second-order valence-corrected chi connectivity index (χ2v) is 10.9. The summed E-state index contributed by atoms with van der Waals surface area (Å²) in [5.41, 5.74) is 10.3. The van der Waals surface area contributed by atoms with Crippen molar-refractivity contribution in [3.05, 3.63) is 96.3 Å². The van der Waals surface area contributed by atoms with Crippen molar-refractivity contribution in [2.24, 2.45) is 5.73 Å². The lowest BCUT2D eigenvalue weighted by Gasteiger charge is -2.24. The number of hydrogen-bond acceptors (Lipinski definition) is 9. The lowest BCUT2D eigenvalue weighted by molar-refractivity contribution is -0.140. The minimum absolute atomic E-state index is 0.0332. The minimum Gasteiger partial charge on any atom is -0.384 e. The third-order valence-corrected chi connectivity index (χ3v) is 7.27. The van der Waals surface area contributed by atoms with E-state index in [9.17, 15) is 13.2 Å². The zero-order chi connectivity index (χ0) is 27.6. The number of nitrogen functional groups attached to an aromatic ring is 1. The SMILES string of the molecule is CS(=O)(=O)c1ccccc1-c1ccc(NC(=O)C2(Cn3cnnn3)C=C(c3cccc(C(=N)N)c3)NO2)cc1. The Hall–Kier alpha value is -4.88. The molecule has 0 bridgehead atoms. The molecule has 1 amide bonds. The third kappa shape index (κ3) is 5.39. The molecule has 0 spiro atoms. The highest BCUT2D eigenvalue weighted by Gasteiger charge is 2.44. The van der Waals surface area contributed by atoms with Gasteiger partial charge in [-0.15, -0.1) is 5.10 Å². The Morgan fingerprint density at radius 1 is 1.10 bits per heavy atom. The number of nitrogens with two attached hydrogens (primary N) is 1. The van der Waals surface area contributed by atoms with Crippen molar-refractivity contribution < 1.29 is 18.0 Å². The van der Waals surface area contributed by atoms with Crippen LogP contribution in [0.2, 0.25) is 0 Å². The first-order chi connectivity index (χ1) is 18.6. The van der Waals surface area contributed by atoms with Crippen molar-refractivity contribution in [2.45, 2.75) is 17.0 Å². The van der Waals surface area contributed by atoms with Crippen LogP contribution in [0.4, 0.5) is 5.69 Å². The van der Waals surface area contributed by atoms with Gasteiger partial charge in [-0.25, -0.2) is 13.1 Å².